The first kappa shape index (κ1) is 20.8. The minimum absolute atomic E-state index is 0.180. The van der Waals surface area contributed by atoms with Gasteiger partial charge in [0.05, 0.1) is 13.7 Å². The molecule has 0 aromatic heterocycles. The van der Waals surface area contributed by atoms with Crippen molar-refractivity contribution in [3.63, 3.8) is 0 Å². The Morgan fingerprint density at radius 2 is 1.93 bits per heavy atom. The third-order valence-corrected chi connectivity index (χ3v) is 4.33. The molecular formula is C18H21BrN2O6. The molecule has 1 aromatic rings. The first-order chi connectivity index (χ1) is 12.9. The molecule has 1 aliphatic rings. The first-order valence-corrected chi connectivity index (χ1v) is 9.21. The van der Waals surface area contributed by atoms with Crippen LogP contribution >= 0.6 is 15.9 Å². The third kappa shape index (κ3) is 5.00. The molecule has 1 aromatic carbocycles. The number of nitrogens with one attached hydrogen (secondary N) is 1. The molecular weight excluding hydrogens is 420 g/mol. The number of methoxy groups -OCH3 is 1. The predicted octanol–water partition coefficient (Wildman–Crippen LogP) is 2.70. The molecule has 8 nitrogen and oxygen atoms in total. The lowest BCUT2D eigenvalue weighted by Crippen LogP contribution is -2.31. The van der Waals surface area contributed by atoms with Gasteiger partial charge in [-0.15, -0.1) is 0 Å². The number of amides is 3. The van der Waals surface area contributed by atoms with Gasteiger partial charge in [0.2, 0.25) is 0 Å². The van der Waals surface area contributed by atoms with Gasteiger partial charge in [0.25, 0.3) is 5.91 Å². The monoisotopic (exact) mass is 440 g/mol. The summed E-state index contributed by atoms with van der Waals surface area (Å²) >= 11 is 3.41. The molecule has 0 spiro atoms. The lowest BCUT2D eigenvalue weighted by atomic mass is 10.1. The van der Waals surface area contributed by atoms with Gasteiger partial charge in [0.1, 0.15) is 5.70 Å². The fraction of sp³-hybridized carbons (Fsp3) is 0.389. The maximum atomic E-state index is 12.4. The number of halogens is 1. The van der Waals surface area contributed by atoms with Crippen LogP contribution in [0.25, 0.3) is 6.08 Å². The van der Waals surface area contributed by atoms with Crippen LogP contribution in [0.1, 0.15) is 25.8 Å². The average Bonchev–Trinajstić information content (AvgIpc) is 2.90. The van der Waals surface area contributed by atoms with E-state index in [1.807, 2.05) is 13.8 Å². The lowest BCUT2D eigenvalue weighted by Gasteiger charge is -2.13. The molecule has 0 bridgehead atoms. The molecule has 1 N–H and O–H groups in total. The second-order valence-corrected chi connectivity index (χ2v) is 6.42. The number of benzene rings is 1. The lowest BCUT2D eigenvalue weighted by molar-refractivity contribution is -0.142. The van der Waals surface area contributed by atoms with E-state index in [4.69, 9.17) is 9.47 Å². The largest absolute Gasteiger partial charge is 0.490 e. The average molecular weight is 441 g/mol. The van der Waals surface area contributed by atoms with Gasteiger partial charge >= 0.3 is 12.0 Å². The SMILES string of the molecule is CCCN1C(=O)N/C(=C/c2cc(OCC)c(OCC(=O)OC)cc2Br)C1=O. The van der Waals surface area contributed by atoms with Crippen LogP contribution in [0.3, 0.4) is 0 Å². The Bertz CT molecular complexity index is 777. The number of carbonyl (C=O) groups is 3. The standard InChI is InChI=1S/C18H21BrN2O6/c1-4-6-21-17(23)13(20-18(21)24)7-11-8-14(26-5-2)15(9-12(11)19)27-10-16(22)25-3/h7-9H,4-6,10H2,1-3H3,(H,20,24)/b13-7+. The van der Waals surface area contributed by atoms with Crippen molar-refractivity contribution in [2.75, 3.05) is 26.9 Å². The highest BCUT2D eigenvalue weighted by atomic mass is 79.9. The van der Waals surface area contributed by atoms with E-state index in [1.54, 1.807) is 18.2 Å². The zero-order valence-corrected chi connectivity index (χ0v) is 16.9. The van der Waals surface area contributed by atoms with Gasteiger partial charge in [-0.05, 0) is 37.1 Å². The molecule has 9 heteroatoms. The molecule has 1 heterocycles. The normalized spacial score (nSPS) is 15.1. The number of hydrogen-bond donors (Lipinski definition) is 1. The minimum Gasteiger partial charge on any atom is -0.490 e. The maximum absolute atomic E-state index is 12.4. The van der Waals surface area contributed by atoms with Crippen LogP contribution in [0.15, 0.2) is 22.3 Å². The van der Waals surface area contributed by atoms with Gasteiger partial charge in [-0.1, -0.05) is 22.9 Å². The van der Waals surface area contributed by atoms with Gasteiger partial charge in [0.15, 0.2) is 18.1 Å². The number of esters is 1. The number of hydrogen-bond acceptors (Lipinski definition) is 6. The van der Waals surface area contributed by atoms with Crippen LogP contribution in [-0.4, -0.2) is 49.7 Å². The number of carbonyl (C=O) groups excluding carboxylic acids is 3. The molecule has 3 amide bonds. The summed E-state index contributed by atoms with van der Waals surface area (Å²) in [5.41, 5.74) is 0.797. The number of imide groups is 1. The number of nitrogens with zero attached hydrogens (tertiary/aromatic N) is 1. The van der Waals surface area contributed by atoms with Gasteiger partial charge in [0, 0.05) is 11.0 Å². The molecule has 2 rings (SSSR count). The first-order valence-electron chi connectivity index (χ1n) is 8.41. The van der Waals surface area contributed by atoms with Crippen LogP contribution < -0.4 is 14.8 Å². The van der Waals surface area contributed by atoms with Crippen LogP contribution in [-0.2, 0) is 14.3 Å². The number of urea groups is 1. The molecule has 0 atom stereocenters. The van der Waals surface area contributed by atoms with Crippen molar-refractivity contribution >= 4 is 39.9 Å². The summed E-state index contributed by atoms with van der Waals surface area (Å²) in [6.45, 7) is 4.18. The highest BCUT2D eigenvalue weighted by molar-refractivity contribution is 9.10. The molecule has 146 valence electrons. The summed E-state index contributed by atoms with van der Waals surface area (Å²) in [6, 6.07) is 2.85. The molecule has 1 aliphatic heterocycles. The summed E-state index contributed by atoms with van der Waals surface area (Å²) in [5, 5.41) is 2.57. The molecule has 27 heavy (non-hydrogen) atoms. The van der Waals surface area contributed by atoms with Gasteiger partial charge in [-0.25, -0.2) is 9.59 Å². The Morgan fingerprint density at radius 3 is 2.56 bits per heavy atom. The highest BCUT2D eigenvalue weighted by Gasteiger charge is 2.32. The second-order valence-electron chi connectivity index (χ2n) is 5.56. The number of rotatable bonds is 8. The minimum atomic E-state index is -0.518. The third-order valence-electron chi connectivity index (χ3n) is 3.65. The van der Waals surface area contributed by atoms with E-state index in [-0.39, 0.29) is 18.2 Å². The Hall–Kier alpha value is -2.55. The Kier molecular flexibility index (Phi) is 7.23. The van der Waals surface area contributed by atoms with Crippen LogP contribution in [0, 0.1) is 0 Å². The fourth-order valence-corrected chi connectivity index (χ4v) is 2.83. The van der Waals surface area contributed by atoms with Gasteiger partial charge < -0.3 is 19.5 Å². The zero-order valence-electron chi connectivity index (χ0n) is 15.3. The van der Waals surface area contributed by atoms with E-state index in [9.17, 15) is 14.4 Å². The van der Waals surface area contributed by atoms with E-state index in [0.29, 0.717) is 41.1 Å². The van der Waals surface area contributed by atoms with E-state index in [0.717, 1.165) is 4.90 Å². The maximum Gasteiger partial charge on any atom is 0.343 e. The molecule has 0 saturated carbocycles. The summed E-state index contributed by atoms with van der Waals surface area (Å²) in [6.07, 6.45) is 2.24. The van der Waals surface area contributed by atoms with Gasteiger partial charge in [-0.3, -0.25) is 9.69 Å². The highest BCUT2D eigenvalue weighted by Crippen LogP contribution is 2.35. The number of ether oxygens (including phenoxy) is 3. The summed E-state index contributed by atoms with van der Waals surface area (Å²) in [4.78, 5) is 36.7. The van der Waals surface area contributed by atoms with Crippen molar-refractivity contribution in [2.45, 2.75) is 20.3 Å². The van der Waals surface area contributed by atoms with Crippen LogP contribution in [0.2, 0.25) is 0 Å². The van der Waals surface area contributed by atoms with Crippen LogP contribution in [0.4, 0.5) is 4.79 Å². The predicted molar refractivity (Wildman–Crippen MR) is 101 cm³/mol. The summed E-state index contributed by atoms with van der Waals surface area (Å²) < 4.78 is 16.2. The topological polar surface area (TPSA) is 94.2 Å². The summed E-state index contributed by atoms with van der Waals surface area (Å²) in [7, 11) is 1.27. The van der Waals surface area contributed by atoms with E-state index in [2.05, 4.69) is 26.0 Å². The van der Waals surface area contributed by atoms with Gasteiger partial charge in [-0.2, -0.15) is 0 Å². The Morgan fingerprint density at radius 1 is 1.22 bits per heavy atom. The smallest absolute Gasteiger partial charge is 0.343 e. The van der Waals surface area contributed by atoms with Crippen molar-refractivity contribution in [1.29, 1.82) is 0 Å². The Balaban J connectivity index is 2.32. The second kappa shape index (κ2) is 9.40. The summed E-state index contributed by atoms with van der Waals surface area (Å²) in [5.74, 6) is -0.142. The van der Waals surface area contributed by atoms with Crippen molar-refractivity contribution in [3.05, 3.63) is 27.9 Å². The molecule has 1 fully saturated rings. The van der Waals surface area contributed by atoms with Crippen LogP contribution in [0.5, 0.6) is 11.5 Å². The van der Waals surface area contributed by atoms with Crippen molar-refractivity contribution < 1.29 is 28.6 Å². The molecule has 0 radical (unpaired) electrons. The van der Waals surface area contributed by atoms with E-state index in [1.165, 1.54) is 7.11 Å². The molecule has 0 aliphatic carbocycles. The molecule has 1 saturated heterocycles. The Labute approximate surface area is 165 Å². The van der Waals surface area contributed by atoms with E-state index >= 15 is 0 Å². The fourth-order valence-electron chi connectivity index (χ4n) is 2.39. The molecule has 0 unspecified atom stereocenters. The van der Waals surface area contributed by atoms with Crippen molar-refractivity contribution in [2.24, 2.45) is 0 Å². The van der Waals surface area contributed by atoms with Crippen molar-refractivity contribution in [3.8, 4) is 11.5 Å². The quantitative estimate of drug-likeness (QED) is 0.379. The van der Waals surface area contributed by atoms with Crippen molar-refractivity contribution in [1.82, 2.24) is 10.2 Å². The van der Waals surface area contributed by atoms with E-state index < -0.39 is 12.0 Å². The zero-order chi connectivity index (χ0) is 20.0.